The van der Waals surface area contributed by atoms with Crippen LogP contribution in [-0.2, 0) is 22.7 Å². The van der Waals surface area contributed by atoms with Gasteiger partial charge in [0.2, 0.25) is 5.89 Å². The van der Waals surface area contributed by atoms with Crippen LogP contribution in [0.3, 0.4) is 0 Å². The number of hydrogen-bond acceptors (Lipinski definition) is 5. The highest BCUT2D eigenvalue weighted by molar-refractivity contribution is 6.31. The number of esters is 1. The Bertz CT molecular complexity index is 950. The highest BCUT2D eigenvalue weighted by Gasteiger charge is 2.14. The third-order valence-electron chi connectivity index (χ3n) is 3.32. The van der Waals surface area contributed by atoms with E-state index in [0.717, 1.165) is 4.68 Å². The number of ether oxygens (including phenoxy) is 1. The Morgan fingerprint density at radius 2 is 1.92 bits per heavy atom. The molecule has 1 heterocycles. The van der Waals surface area contributed by atoms with Gasteiger partial charge in [0.25, 0.3) is 0 Å². The third kappa shape index (κ3) is 4.13. The molecule has 128 valence electrons. The summed E-state index contributed by atoms with van der Waals surface area (Å²) < 4.78 is 23.8. The molecule has 0 aliphatic heterocycles. The molecule has 3 rings (SSSR count). The molecule has 3 aromatic rings. The number of aromatic nitrogens is 2. The van der Waals surface area contributed by atoms with Crippen molar-refractivity contribution in [2.24, 2.45) is 0 Å². The normalized spacial score (nSPS) is 10.6. The van der Waals surface area contributed by atoms with Gasteiger partial charge in [-0.05, 0) is 30.3 Å². The zero-order valence-corrected chi connectivity index (χ0v) is 13.6. The molecule has 0 N–H and O–H groups in total. The Kier molecular flexibility index (Phi) is 4.95. The van der Waals surface area contributed by atoms with Crippen molar-refractivity contribution in [2.75, 3.05) is 0 Å². The maximum Gasteiger partial charge on any atom is 0.437 e. The molecular weight excluding hydrogens is 351 g/mol. The second-order valence-electron chi connectivity index (χ2n) is 5.09. The lowest BCUT2D eigenvalue weighted by atomic mass is 10.2. The zero-order valence-electron chi connectivity index (χ0n) is 12.8. The lowest BCUT2D eigenvalue weighted by Gasteiger charge is -2.05. The van der Waals surface area contributed by atoms with Gasteiger partial charge in [0.15, 0.2) is 0 Å². The topological polar surface area (TPSA) is 74.3 Å². The van der Waals surface area contributed by atoms with Gasteiger partial charge in [-0.25, -0.2) is 9.18 Å². The maximum atomic E-state index is 12.9. The van der Waals surface area contributed by atoms with E-state index in [1.54, 1.807) is 24.3 Å². The van der Waals surface area contributed by atoms with Gasteiger partial charge < -0.3 is 9.15 Å². The number of rotatable bonds is 5. The molecule has 0 atom stereocenters. The average Bonchev–Trinajstić information content (AvgIpc) is 2.95. The van der Waals surface area contributed by atoms with Crippen LogP contribution in [0.2, 0.25) is 5.02 Å². The summed E-state index contributed by atoms with van der Waals surface area (Å²) in [6.07, 6.45) is 0. The molecular formula is C17H12ClFN2O4. The van der Waals surface area contributed by atoms with Crippen molar-refractivity contribution in [3.8, 4) is 11.5 Å². The van der Waals surface area contributed by atoms with Crippen molar-refractivity contribution in [2.45, 2.75) is 13.2 Å². The molecule has 0 fully saturated rings. The molecule has 25 heavy (non-hydrogen) atoms. The molecule has 0 aliphatic rings. The van der Waals surface area contributed by atoms with Gasteiger partial charge in [0, 0.05) is 16.1 Å². The minimum absolute atomic E-state index is 0.0103. The lowest BCUT2D eigenvalue weighted by molar-refractivity contribution is -0.146. The van der Waals surface area contributed by atoms with Gasteiger partial charge in [0.1, 0.15) is 19.0 Å². The second kappa shape index (κ2) is 7.31. The number of carbonyl (C=O) groups excluding carboxylic acids is 1. The van der Waals surface area contributed by atoms with Crippen LogP contribution in [-0.4, -0.2) is 15.7 Å². The van der Waals surface area contributed by atoms with Crippen molar-refractivity contribution in [1.82, 2.24) is 9.78 Å². The summed E-state index contributed by atoms with van der Waals surface area (Å²) in [5.74, 6) is -1.91. The van der Waals surface area contributed by atoms with E-state index in [9.17, 15) is 14.0 Å². The monoisotopic (exact) mass is 362 g/mol. The largest absolute Gasteiger partial charge is 0.459 e. The summed E-state index contributed by atoms with van der Waals surface area (Å²) in [7, 11) is 0. The van der Waals surface area contributed by atoms with Gasteiger partial charge in [0.05, 0.1) is 0 Å². The van der Waals surface area contributed by atoms with E-state index >= 15 is 0 Å². The van der Waals surface area contributed by atoms with E-state index in [1.807, 2.05) is 0 Å². The number of hydrogen-bond donors (Lipinski definition) is 0. The molecule has 2 aromatic carbocycles. The van der Waals surface area contributed by atoms with Crippen molar-refractivity contribution in [1.29, 1.82) is 0 Å². The fraction of sp³-hybridized carbons (Fsp3) is 0.118. The summed E-state index contributed by atoms with van der Waals surface area (Å²) in [6, 6.07) is 12.2. The van der Waals surface area contributed by atoms with Gasteiger partial charge in [-0.2, -0.15) is 4.68 Å². The highest BCUT2D eigenvalue weighted by Crippen LogP contribution is 2.17. The minimum atomic E-state index is -0.811. The Morgan fingerprint density at radius 3 is 2.64 bits per heavy atom. The molecule has 1 aromatic heterocycles. The van der Waals surface area contributed by atoms with Crippen LogP contribution in [0.15, 0.2) is 57.7 Å². The van der Waals surface area contributed by atoms with Crippen LogP contribution in [0.4, 0.5) is 4.39 Å². The standard InChI is InChI=1S/C17H12ClFN2O4/c18-14-4-2-1-3-12(14)10-24-15(22)9-21-17(23)25-16(20-21)11-5-7-13(19)8-6-11/h1-8H,9-10H2. The summed E-state index contributed by atoms with van der Waals surface area (Å²) in [5, 5.41) is 4.39. The summed E-state index contributed by atoms with van der Waals surface area (Å²) >= 11 is 5.97. The molecule has 0 saturated carbocycles. The summed E-state index contributed by atoms with van der Waals surface area (Å²) in [4.78, 5) is 23.7. The predicted octanol–water partition coefficient (Wildman–Crippen LogP) is 3.04. The van der Waals surface area contributed by atoms with Crippen LogP contribution in [0.25, 0.3) is 11.5 Å². The minimum Gasteiger partial charge on any atom is -0.459 e. The molecule has 0 radical (unpaired) electrons. The van der Waals surface area contributed by atoms with Crippen LogP contribution in [0.1, 0.15) is 5.56 Å². The van der Waals surface area contributed by atoms with Crippen molar-refractivity contribution < 1.29 is 18.3 Å². The van der Waals surface area contributed by atoms with Gasteiger partial charge in [-0.3, -0.25) is 4.79 Å². The average molecular weight is 363 g/mol. The molecule has 6 nitrogen and oxygen atoms in total. The molecule has 0 aliphatic carbocycles. The van der Waals surface area contributed by atoms with E-state index in [0.29, 0.717) is 16.1 Å². The van der Waals surface area contributed by atoms with E-state index in [-0.39, 0.29) is 12.5 Å². The fourth-order valence-electron chi connectivity index (χ4n) is 2.06. The van der Waals surface area contributed by atoms with E-state index in [2.05, 4.69) is 5.10 Å². The third-order valence-corrected chi connectivity index (χ3v) is 3.69. The Morgan fingerprint density at radius 1 is 1.20 bits per heavy atom. The Hall–Kier alpha value is -2.93. The molecule has 8 heteroatoms. The SMILES string of the molecule is O=C(Cn1nc(-c2ccc(F)cc2)oc1=O)OCc1ccccc1Cl. The molecule has 0 saturated heterocycles. The summed E-state index contributed by atoms with van der Waals surface area (Å²) in [6.45, 7) is -0.427. The van der Waals surface area contributed by atoms with Gasteiger partial charge in [-0.1, -0.05) is 29.8 Å². The van der Waals surface area contributed by atoms with E-state index in [4.69, 9.17) is 20.8 Å². The van der Waals surface area contributed by atoms with Gasteiger partial charge in [-0.15, -0.1) is 5.10 Å². The Balaban J connectivity index is 1.66. The molecule has 0 amide bonds. The quantitative estimate of drug-likeness (QED) is 0.652. The van der Waals surface area contributed by atoms with Crippen LogP contribution >= 0.6 is 11.6 Å². The zero-order chi connectivity index (χ0) is 17.8. The number of benzene rings is 2. The van der Waals surface area contributed by atoms with Gasteiger partial charge >= 0.3 is 11.7 Å². The smallest absolute Gasteiger partial charge is 0.437 e. The summed E-state index contributed by atoms with van der Waals surface area (Å²) in [5.41, 5.74) is 1.07. The first-order chi connectivity index (χ1) is 12.0. The first-order valence-electron chi connectivity index (χ1n) is 7.26. The van der Waals surface area contributed by atoms with Crippen LogP contribution in [0, 0.1) is 5.82 Å². The maximum absolute atomic E-state index is 12.9. The first-order valence-corrected chi connectivity index (χ1v) is 7.63. The van der Waals surface area contributed by atoms with Crippen LogP contribution < -0.4 is 5.76 Å². The van der Waals surface area contributed by atoms with E-state index in [1.165, 1.54) is 24.3 Å². The highest BCUT2D eigenvalue weighted by atomic mass is 35.5. The first kappa shape index (κ1) is 16.9. The molecule has 0 bridgehead atoms. The van der Waals surface area contributed by atoms with Crippen molar-refractivity contribution >= 4 is 17.6 Å². The number of nitrogens with zero attached hydrogens (tertiary/aromatic N) is 2. The second-order valence-corrected chi connectivity index (χ2v) is 5.50. The number of carbonyl (C=O) groups is 1. The number of halogens is 2. The lowest BCUT2D eigenvalue weighted by Crippen LogP contribution is -2.23. The van der Waals surface area contributed by atoms with E-state index < -0.39 is 24.1 Å². The molecule has 0 unspecified atom stereocenters. The Labute approximate surface area is 146 Å². The fourth-order valence-corrected chi connectivity index (χ4v) is 2.25. The molecule has 0 spiro atoms. The van der Waals surface area contributed by atoms with Crippen molar-refractivity contribution in [3.63, 3.8) is 0 Å². The predicted molar refractivity (Wildman–Crippen MR) is 87.4 cm³/mol. The van der Waals surface area contributed by atoms with Crippen LogP contribution in [0.5, 0.6) is 0 Å². The van der Waals surface area contributed by atoms with Crippen molar-refractivity contribution in [3.05, 3.63) is 75.5 Å².